The van der Waals surface area contributed by atoms with E-state index in [4.69, 9.17) is 24.1 Å². The van der Waals surface area contributed by atoms with Gasteiger partial charge in [-0.05, 0) is 35.9 Å². The molecule has 0 aromatic heterocycles. The van der Waals surface area contributed by atoms with Gasteiger partial charge >= 0.3 is 23.9 Å². The van der Waals surface area contributed by atoms with E-state index in [1.54, 1.807) is 36.4 Å². The topological polar surface area (TPSA) is 125 Å². The number of ether oxygens (including phenoxy) is 4. The van der Waals surface area contributed by atoms with Gasteiger partial charge in [0, 0.05) is 42.7 Å². The Balaban J connectivity index is 1.74. The SMILES string of the molecule is CC(=O)Oc1ccc2c(c1)Oc1cc(OC(C)=O)ccc1C21OC(=O)c2cc(CC(=O)O)ccc21. The zero-order valence-electron chi connectivity index (χ0n) is 18.6. The number of hydrogen-bond acceptors (Lipinski definition) is 8. The molecule has 2 aliphatic rings. The summed E-state index contributed by atoms with van der Waals surface area (Å²) in [5.41, 5.74) is 0.742. The molecule has 9 heteroatoms. The van der Waals surface area contributed by atoms with Crippen LogP contribution in [0.5, 0.6) is 23.0 Å². The van der Waals surface area contributed by atoms with Gasteiger partial charge in [-0.1, -0.05) is 12.1 Å². The lowest BCUT2D eigenvalue weighted by Crippen LogP contribution is -2.33. The molecule has 0 saturated heterocycles. The first-order chi connectivity index (χ1) is 16.7. The number of carboxylic acids is 1. The van der Waals surface area contributed by atoms with Crippen LogP contribution in [-0.2, 0) is 31.1 Å². The van der Waals surface area contributed by atoms with Crippen LogP contribution in [-0.4, -0.2) is 29.0 Å². The van der Waals surface area contributed by atoms with Gasteiger partial charge in [0.25, 0.3) is 0 Å². The fourth-order valence-corrected chi connectivity index (χ4v) is 4.48. The summed E-state index contributed by atoms with van der Waals surface area (Å²) < 4.78 is 22.5. The van der Waals surface area contributed by atoms with Gasteiger partial charge in [0.15, 0.2) is 5.60 Å². The lowest BCUT2D eigenvalue weighted by Gasteiger charge is -2.36. The van der Waals surface area contributed by atoms with Crippen LogP contribution in [0.15, 0.2) is 54.6 Å². The van der Waals surface area contributed by atoms with Crippen LogP contribution in [0.4, 0.5) is 0 Å². The van der Waals surface area contributed by atoms with Crippen molar-refractivity contribution >= 4 is 23.9 Å². The van der Waals surface area contributed by atoms with Crippen LogP contribution in [0.2, 0.25) is 0 Å². The Kier molecular flexibility index (Phi) is 5.05. The van der Waals surface area contributed by atoms with Crippen LogP contribution in [0, 0.1) is 0 Å². The van der Waals surface area contributed by atoms with E-state index in [0.717, 1.165) is 0 Å². The molecule has 2 aliphatic heterocycles. The average Bonchev–Trinajstić information content (AvgIpc) is 3.04. The number of benzene rings is 3. The molecule has 0 aliphatic carbocycles. The molecule has 1 spiro atoms. The average molecular weight is 474 g/mol. The van der Waals surface area contributed by atoms with E-state index >= 15 is 0 Å². The highest BCUT2D eigenvalue weighted by Gasteiger charge is 2.53. The summed E-state index contributed by atoms with van der Waals surface area (Å²) in [7, 11) is 0. The van der Waals surface area contributed by atoms with E-state index in [0.29, 0.717) is 22.3 Å². The van der Waals surface area contributed by atoms with Gasteiger partial charge in [0.2, 0.25) is 0 Å². The van der Waals surface area contributed by atoms with Crippen molar-refractivity contribution in [3.8, 4) is 23.0 Å². The largest absolute Gasteiger partial charge is 0.481 e. The Morgan fingerprint density at radius 2 is 1.37 bits per heavy atom. The summed E-state index contributed by atoms with van der Waals surface area (Å²) in [6.07, 6.45) is -0.249. The molecule has 5 rings (SSSR count). The van der Waals surface area contributed by atoms with Crippen molar-refractivity contribution in [3.05, 3.63) is 82.4 Å². The molecular formula is C26H18O9. The second kappa shape index (κ2) is 7.98. The van der Waals surface area contributed by atoms with Crippen LogP contribution < -0.4 is 14.2 Å². The number of esters is 3. The summed E-state index contributed by atoms with van der Waals surface area (Å²) >= 11 is 0. The van der Waals surface area contributed by atoms with Crippen molar-refractivity contribution in [3.63, 3.8) is 0 Å². The van der Waals surface area contributed by atoms with E-state index in [2.05, 4.69) is 0 Å². The Labute approximate surface area is 198 Å². The summed E-state index contributed by atoms with van der Waals surface area (Å²) in [5.74, 6) is -1.69. The molecule has 2 heterocycles. The molecule has 9 nitrogen and oxygen atoms in total. The first-order valence-electron chi connectivity index (χ1n) is 10.6. The standard InChI is InChI=1S/C26H18O9/c1-13(27)32-16-4-7-20-22(11-16)34-23-12-17(33-14(2)28)5-8-21(23)26(20)19-6-3-15(10-24(29)30)9-18(19)25(31)35-26/h3-9,11-12H,10H2,1-2H3,(H,29,30). The van der Waals surface area contributed by atoms with Crippen LogP contribution >= 0.6 is 0 Å². The molecular weight excluding hydrogens is 456 g/mol. The molecule has 0 radical (unpaired) electrons. The van der Waals surface area contributed by atoms with E-state index in [1.807, 2.05) is 0 Å². The van der Waals surface area contributed by atoms with Gasteiger partial charge in [0.05, 0.1) is 12.0 Å². The number of carboxylic acid groups (broad SMARTS) is 1. The Morgan fingerprint density at radius 1 is 0.829 bits per heavy atom. The Hall–Kier alpha value is -4.66. The quantitative estimate of drug-likeness (QED) is 0.445. The van der Waals surface area contributed by atoms with Crippen LogP contribution in [0.1, 0.15) is 46.5 Å². The van der Waals surface area contributed by atoms with E-state index in [9.17, 15) is 19.2 Å². The minimum absolute atomic E-state index is 0.229. The zero-order valence-corrected chi connectivity index (χ0v) is 18.6. The first kappa shape index (κ1) is 22.1. The third kappa shape index (κ3) is 3.67. The Morgan fingerprint density at radius 3 is 1.89 bits per heavy atom. The highest BCUT2D eigenvalue weighted by molar-refractivity contribution is 5.97. The third-order valence-electron chi connectivity index (χ3n) is 5.69. The summed E-state index contributed by atoms with van der Waals surface area (Å²) in [6, 6.07) is 14.2. The highest BCUT2D eigenvalue weighted by Crippen LogP contribution is 2.57. The molecule has 0 atom stereocenters. The van der Waals surface area contributed by atoms with Gasteiger partial charge in [-0.2, -0.15) is 0 Å². The lowest BCUT2D eigenvalue weighted by atomic mass is 9.77. The highest BCUT2D eigenvalue weighted by atomic mass is 16.6. The number of rotatable bonds is 4. The molecule has 0 bridgehead atoms. The molecule has 3 aromatic carbocycles. The summed E-state index contributed by atoms with van der Waals surface area (Å²) in [5, 5.41) is 9.16. The number of carbonyl (C=O) groups excluding carboxylic acids is 3. The molecule has 1 N–H and O–H groups in total. The summed E-state index contributed by atoms with van der Waals surface area (Å²) in [6.45, 7) is 2.54. The van der Waals surface area contributed by atoms with Gasteiger partial charge in [-0.15, -0.1) is 0 Å². The van der Waals surface area contributed by atoms with Gasteiger partial charge < -0.3 is 24.1 Å². The number of fused-ring (bicyclic) bond motifs is 6. The first-order valence-corrected chi connectivity index (χ1v) is 10.6. The predicted octanol–water partition coefficient (Wildman–Crippen LogP) is 3.73. The van der Waals surface area contributed by atoms with E-state index in [-0.39, 0.29) is 35.0 Å². The molecule has 0 unspecified atom stereocenters. The van der Waals surface area contributed by atoms with Crippen molar-refractivity contribution in [2.75, 3.05) is 0 Å². The molecule has 0 fully saturated rings. The maximum atomic E-state index is 13.1. The van der Waals surface area contributed by atoms with Crippen molar-refractivity contribution in [2.24, 2.45) is 0 Å². The fourth-order valence-electron chi connectivity index (χ4n) is 4.48. The fraction of sp³-hybridized carbons (Fsp3) is 0.154. The van der Waals surface area contributed by atoms with E-state index < -0.39 is 29.5 Å². The van der Waals surface area contributed by atoms with Crippen molar-refractivity contribution in [1.29, 1.82) is 0 Å². The van der Waals surface area contributed by atoms with Crippen molar-refractivity contribution in [2.45, 2.75) is 25.9 Å². The number of carbonyl (C=O) groups is 4. The van der Waals surface area contributed by atoms with Crippen molar-refractivity contribution < 1.29 is 43.2 Å². The molecule has 0 amide bonds. The molecule has 176 valence electrons. The minimum atomic E-state index is -1.42. The monoisotopic (exact) mass is 474 g/mol. The molecule has 35 heavy (non-hydrogen) atoms. The van der Waals surface area contributed by atoms with Crippen LogP contribution in [0.3, 0.4) is 0 Å². The van der Waals surface area contributed by atoms with Crippen molar-refractivity contribution in [1.82, 2.24) is 0 Å². The van der Waals surface area contributed by atoms with Gasteiger partial charge in [-0.25, -0.2) is 4.79 Å². The van der Waals surface area contributed by atoms with Gasteiger partial charge in [-0.3, -0.25) is 14.4 Å². The minimum Gasteiger partial charge on any atom is -0.481 e. The maximum Gasteiger partial charge on any atom is 0.340 e. The normalized spacial score (nSPS) is 14.2. The molecule has 3 aromatic rings. The smallest absolute Gasteiger partial charge is 0.340 e. The number of aliphatic carboxylic acids is 1. The third-order valence-corrected chi connectivity index (χ3v) is 5.69. The Bertz CT molecular complexity index is 1370. The van der Waals surface area contributed by atoms with E-state index in [1.165, 1.54) is 32.0 Å². The maximum absolute atomic E-state index is 13.1. The van der Waals surface area contributed by atoms with Crippen LogP contribution in [0.25, 0.3) is 0 Å². The molecule has 0 saturated carbocycles. The second-order valence-corrected chi connectivity index (χ2v) is 8.13. The number of hydrogen-bond donors (Lipinski definition) is 1. The van der Waals surface area contributed by atoms with Gasteiger partial charge in [0.1, 0.15) is 23.0 Å². The summed E-state index contributed by atoms with van der Waals surface area (Å²) in [4.78, 5) is 47.2. The second-order valence-electron chi connectivity index (χ2n) is 8.13. The zero-order chi connectivity index (χ0) is 24.9. The predicted molar refractivity (Wildman–Crippen MR) is 119 cm³/mol. The lowest BCUT2D eigenvalue weighted by molar-refractivity contribution is -0.136.